The lowest BCUT2D eigenvalue weighted by molar-refractivity contribution is 0.0947. The Bertz CT molecular complexity index is 649. The van der Waals surface area contributed by atoms with E-state index in [0.29, 0.717) is 11.5 Å². The van der Waals surface area contributed by atoms with Gasteiger partial charge in [0.25, 0.3) is 11.5 Å². The van der Waals surface area contributed by atoms with Crippen LogP contribution in [0.15, 0.2) is 29.2 Å². The van der Waals surface area contributed by atoms with E-state index in [1.165, 1.54) is 0 Å². The largest absolute Gasteiger partial charge is 0.346 e. The van der Waals surface area contributed by atoms with Gasteiger partial charge in [0.15, 0.2) is 0 Å². The Morgan fingerprint density at radius 3 is 2.79 bits per heavy atom. The molecule has 0 spiro atoms. The van der Waals surface area contributed by atoms with Crippen LogP contribution in [0.1, 0.15) is 27.6 Å². The SMILES string of the molecule is Cc1nc(C)c(C(=O)NCc2ccccn2)c(=O)[nH]1. The first kappa shape index (κ1) is 12.9. The number of nitrogens with zero attached hydrogens (tertiary/aromatic N) is 2. The maximum atomic E-state index is 12.0. The lowest BCUT2D eigenvalue weighted by atomic mass is 10.2. The number of rotatable bonds is 3. The second-order valence-electron chi connectivity index (χ2n) is 4.12. The van der Waals surface area contributed by atoms with Crippen LogP contribution in [0.4, 0.5) is 0 Å². The van der Waals surface area contributed by atoms with Crippen molar-refractivity contribution in [2.75, 3.05) is 0 Å². The molecule has 98 valence electrons. The van der Waals surface area contributed by atoms with Crippen molar-refractivity contribution in [2.45, 2.75) is 20.4 Å². The number of H-pyrrole nitrogens is 1. The van der Waals surface area contributed by atoms with Gasteiger partial charge < -0.3 is 10.3 Å². The molecule has 0 radical (unpaired) electrons. The molecule has 0 unspecified atom stereocenters. The minimum atomic E-state index is -0.447. The molecule has 0 aromatic carbocycles. The summed E-state index contributed by atoms with van der Waals surface area (Å²) in [4.78, 5) is 34.4. The van der Waals surface area contributed by atoms with Crippen LogP contribution in [-0.4, -0.2) is 20.9 Å². The molecule has 0 aliphatic rings. The van der Waals surface area contributed by atoms with Crippen LogP contribution < -0.4 is 10.9 Å². The number of pyridine rings is 1. The molecule has 19 heavy (non-hydrogen) atoms. The van der Waals surface area contributed by atoms with Crippen LogP contribution in [0.3, 0.4) is 0 Å². The average molecular weight is 258 g/mol. The Kier molecular flexibility index (Phi) is 3.70. The van der Waals surface area contributed by atoms with E-state index in [1.54, 1.807) is 32.2 Å². The number of nitrogens with one attached hydrogen (secondary N) is 2. The highest BCUT2D eigenvalue weighted by Gasteiger charge is 2.15. The highest BCUT2D eigenvalue weighted by Crippen LogP contribution is 2.00. The third-order valence-electron chi connectivity index (χ3n) is 2.60. The van der Waals surface area contributed by atoms with E-state index in [9.17, 15) is 9.59 Å². The first-order valence-corrected chi connectivity index (χ1v) is 5.83. The van der Waals surface area contributed by atoms with Gasteiger partial charge in [0.2, 0.25) is 0 Å². The molecule has 0 saturated carbocycles. The van der Waals surface area contributed by atoms with Crippen molar-refractivity contribution in [1.82, 2.24) is 20.3 Å². The van der Waals surface area contributed by atoms with Gasteiger partial charge in [-0.3, -0.25) is 14.6 Å². The predicted molar refractivity (Wildman–Crippen MR) is 69.7 cm³/mol. The number of aromatic amines is 1. The minimum Gasteiger partial charge on any atom is -0.346 e. The van der Waals surface area contributed by atoms with E-state index in [-0.39, 0.29) is 12.1 Å². The van der Waals surface area contributed by atoms with Gasteiger partial charge in [0.1, 0.15) is 11.4 Å². The van der Waals surface area contributed by atoms with E-state index in [0.717, 1.165) is 5.69 Å². The molecule has 1 amide bonds. The quantitative estimate of drug-likeness (QED) is 0.848. The van der Waals surface area contributed by atoms with Crippen LogP contribution in [-0.2, 0) is 6.54 Å². The Hall–Kier alpha value is -2.50. The van der Waals surface area contributed by atoms with Gasteiger partial charge in [0, 0.05) is 6.20 Å². The second kappa shape index (κ2) is 5.43. The van der Waals surface area contributed by atoms with E-state index < -0.39 is 11.5 Å². The highest BCUT2D eigenvalue weighted by atomic mass is 16.2. The Labute approximate surface area is 109 Å². The van der Waals surface area contributed by atoms with Crippen molar-refractivity contribution < 1.29 is 4.79 Å². The molecule has 2 N–H and O–H groups in total. The smallest absolute Gasteiger partial charge is 0.264 e. The number of aryl methyl sites for hydroxylation is 2. The summed E-state index contributed by atoms with van der Waals surface area (Å²) in [7, 11) is 0. The van der Waals surface area contributed by atoms with E-state index in [1.807, 2.05) is 6.07 Å². The number of carbonyl (C=O) groups excluding carboxylic acids is 1. The van der Waals surface area contributed by atoms with Crippen LogP contribution in [0.2, 0.25) is 0 Å². The van der Waals surface area contributed by atoms with Gasteiger partial charge in [-0.1, -0.05) is 6.07 Å². The molecule has 0 saturated heterocycles. The molecule has 0 aliphatic heterocycles. The van der Waals surface area contributed by atoms with Gasteiger partial charge in [-0.15, -0.1) is 0 Å². The standard InChI is InChI=1S/C13H14N4O2/c1-8-11(13(19)17-9(2)16-8)12(18)15-7-10-5-3-4-6-14-10/h3-6H,7H2,1-2H3,(H,15,18)(H,16,17,19). The van der Waals surface area contributed by atoms with Crippen molar-refractivity contribution >= 4 is 5.91 Å². The van der Waals surface area contributed by atoms with Crippen molar-refractivity contribution in [3.8, 4) is 0 Å². The first-order chi connectivity index (χ1) is 9.08. The molecule has 6 nitrogen and oxygen atoms in total. The summed E-state index contributed by atoms with van der Waals surface area (Å²) in [5.41, 5.74) is 0.759. The summed E-state index contributed by atoms with van der Waals surface area (Å²) in [6.45, 7) is 3.58. The van der Waals surface area contributed by atoms with E-state index >= 15 is 0 Å². The van der Waals surface area contributed by atoms with Gasteiger partial charge in [-0.25, -0.2) is 4.98 Å². The van der Waals surface area contributed by atoms with Crippen molar-refractivity contribution in [1.29, 1.82) is 0 Å². The third kappa shape index (κ3) is 3.04. The third-order valence-corrected chi connectivity index (χ3v) is 2.60. The molecule has 2 aromatic rings. The highest BCUT2D eigenvalue weighted by molar-refractivity contribution is 5.94. The Morgan fingerprint density at radius 2 is 2.16 bits per heavy atom. The van der Waals surface area contributed by atoms with Crippen LogP contribution >= 0.6 is 0 Å². The fourth-order valence-electron chi connectivity index (χ4n) is 1.76. The average Bonchev–Trinajstić information content (AvgIpc) is 2.36. The summed E-state index contributed by atoms with van der Waals surface area (Å²) >= 11 is 0. The molecule has 0 aliphatic carbocycles. The van der Waals surface area contributed by atoms with E-state index in [2.05, 4.69) is 20.3 Å². The Morgan fingerprint density at radius 1 is 1.37 bits per heavy atom. The molecule has 0 fully saturated rings. The van der Waals surface area contributed by atoms with Crippen molar-refractivity contribution in [3.05, 3.63) is 57.5 Å². The van der Waals surface area contributed by atoms with Crippen LogP contribution in [0.25, 0.3) is 0 Å². The van der Waals surface area contributed by atoms with Gasteiger partial charge in [-0.05, 0) is 26.0 Å². The fraction of sp³-hybridized carbons (Fsp3) is 0.231. The summed E-state index contributed by atoms with van der Waals surface area (Å²) < 4.78 is 0. The maximum absolute atomic E-state index is 12.0. The molecule has 0 atom stereocenters. The van der Waals surface area contributed by atoms with Gasteiger partial charge >= 0.3 is 0 Å². The fourth-order valence-corrected chi connectivity index (χ4v) is 1.76. The van der Waals surface area contributed by atoms with Crippen molar-refractivity contribution in [2.24, 2.45) is 0 Å². The number of hydrogen-bond donors (Lipinski definition) is 2. The van der Waals surface area contributed by atoms with Gasteiger partial charge in [0.05, 0.1) is 17.9 Å². The lowest BCUT2D eigenvalue weighted by Crippen LogP contribution is -2.31. The first-order valence-electron chi connectivity index (χ1n) is 5.83. The lowest BCUT2D eigenvalue weighted by Gasteiger charge is -2.06. The number of carbonyl (C=O) groups is 1. The molecule has 6 heteroatoms. The molecule has 2 heterocycles. The molecular formula is C13H14N4O2. The monoisotopic (exact) mass is 258 g/mol. The predicted octanol–water partition coefficient (Wildman–Crippen LogP) is 0.712. The minimum absolute atomic E-state index is 0.0431. The zero-order valence-electron chi connectivity index (χ0n) is 10.7. The number of amides is 1. The van der Waals surface area contributed by atoms with Crippen molar-refractivity contribution in [3.63, 3.8) is 0 Å². The summed E-state index contributed by atoms with van der Waals surface area (Å²) in [5.74, 6) is 0.0423. The summed E-state index contributed by atoms with van der Waals surface area (Å²) in [5, 5.41) is 2.65. The molecule has 2 rings (SSSR count). The summed E-state index contributed by atoms with van der Waals surface area (Å²) in [6.07, 6.45) is 1.65. The van der Waals surface area contributed by atoms with Crippen LogP contribution in [0.5, 0.6) is 0 Å². The second-order valence-corrected chi connectivity index (χ2v) is 4.12. The molecule has 2 aromatic heterocycles. The normalized spacial score (nSPS) is 10.2. The van der Waals surface area contributed by atoms with E-state index in [4.69, 9.17) is 0 Å². The zero-order valence-corrected chi connectivity index (χ0v) is 10.7. The van der Waals surface area contributed by atoms with Gasteiger partial charge in [-0.2, -0.15) is 0 Å². The Balaban J connectivity index is 2.15. The number of hydrogen-bond acceptors (Lipinski definition) is 4. The number of aromatic nitrogens is 3. The molecular weight excluding hydrogens is 244 g/mol. The van der Waals surface area contributed by atoms with Crippen LogP contribution in [0, 0.1) is 13.8 Å². The summed E-state index contributed by atoms with van der Waals surface area (Å²) in [6, 6.07) is 5.43. The topological polar surface area (TPSA) is 87.7 Å². The maximum Gasteiger partial charge on any atom is 0.264 e. The zero-order chi connectivity index (χ0) is 13.8. The molecule has 0 bridgehead atoms.